The lowest BCUT2D eigenvalue weighted by Gasteiger charge is -2.27. The van der Waals surface area contributed by atoms with Crippen molar-refractivity contribution in [2.45, 2.75) is 6.16 Å². The van der Waals surface area contributed by atoms with E-state index in [1.54, 1.807) is 12.1 Å². The zero-order chi connectivity index (χ0) is 10.4. The van der Waals surface area contributed by atoms with Crippen molar-refractivity contribution in [1.29, 1.82) is 0 Å². The van der Waals surface area contributed by atoms with Crippen molar-refractivity contribution in [3.63, 3.8) is 0 Å². The van der Waals surface area contributed by atoms with Gasteiger partial charge < -0.3 is 4.74 Å². The highest BCUT2D eigenvalue weighted by Crippen LogP contribution is 2.19. The summed E-state index contributed by atoms with van der Waals surface area (Å²) in [5.41, 5.74) is 0. The summed E-state index contributed by atoms with van der Waals surface area (Å²) >= 11 is 0. The smallest absolute Gasteiger partial charge is 0.416 e. The number of benzene rings is 1. The highest BCUT2D eigenvalue weighted by atomic mass is 17.0. The van der Waals surface area contributed by atoms with Gasteiger partial charge >= 0.3 is 6.16 Å². The number of methoxy groups -OCH3 is 3. The van der Waals surface area contributed by atoms with Crippen LogP contribution in [-0.2, 0) is 14.2 Å². The van der Waals surface area contributed by atoms with Crippen molar-refractivity contribution >= 4 is 0 Å². The monoisotopic (exact) mass is 198 g/mol. The quantitative estimate of drug-likeness (QED) is 0.673. The summed E-state index contributed by atoms with van der Waals surface area (Å²) in [6.45, 7) is 0. The SMILES string of the molecule is COC(OC)(OC)Oc1ccccc1. The predicted octanol–water partition coefficient (Wildman–Crippen LogP) is 1.62. The maximum atomic E-state index is 5.38. The minimum atomic E-state index is -1.47. The third kappa shape index (κ3) is 2.45. The van der Waals surface area contributed by atoms with E-state index in [1.165, 1.54) is 21.3 Å². The molecule has 0 spiro atoms. The minimum absolute atomic E-state index is 0.609. The molecule has 0 fully saturated rings. The maximum absolute atomic E-state index is 5.38. The van der Waals surface area contributed by atoms with Crippen molar-refractivity contribution in [2.24, 2.45) is 0 Å². The van der Waals surface area contributed by atoms with Crippen molar-refractivity contribution in [1.82, 2.24) is 0 Å². The molecule has 0 bridgehead atoms. The Morgan fingerprint density at radius 2 is 1.36 bits per heavy atom. The molecule has 0 aliphatic carbocycles. The van der Waals surface area contributed by atoms with E-state index in [4.69, 9.17) is 18.9 Å². The van der Waals surface area contributed by atoms with Crippen molar-refractivity contribution in [2.75, 3.05) is 21.3 Å². The fourth-order valence-electron chi connectivity index (χ4n) is 1.01. The van der Waals surface area contributed by atoms with E-state index < -0.39 is 6.16 Å². The van der Waals surface area contributed by atoms with Gasteiger partial charge in [0.2, 0.25) is 0 Å². The molecule has 0 aromatic heterocycles. The van der Waals surface area contributed by atoms with Crippen LogP contribution in [0.4, 0.5) is 0 Å². The Morgan fingerprint density at radius 1 is 0.857 bits per heavy atom. The average molecular weight is 198 g/mol. The molecule has 0 saturated heterocycles. The zero-order valence-electron chi connectivity index (χ0n) is 8.52. The molecule has 4 nitrogen and oxygen atoms in total. The van der Waals surface area contributed by atoms with Crippen LogP contribution < -0.4 is 4.74 Å². The molecule has 78 valence electrons. The summed E-state index contributed by atoms with van der Waals surface area (Å²) in [6, 6.07) is 9.15. The van der Waals surface area contributed by atoms with Crippen LogP contribution in [0.3, 0.4) is 0 Å². The minimum Gasteiger partial charge on any atom is -0.416 e. The first kappa shape index (κ1) is 11.0. The second kappa shape index (κ2) is 4.95. The fraction of sp³-hybridized carbons (Fsp3) is 0.400. The van der Waals surface area contributed by atoms with Gasteiger partial charge in [-0.2, -0.15) is 0 Å². The molecule has 0 saturated carbocycles. The van der Waals surface area contributed by atoms with Gasteiger partial charge in [-0.1, -0.05) is 18.2 Å². The van der Waals surface area contributed by atoms with Crippen molar-refractivity contribution < 1.29 is 18.9 Å². The van der Waals surface area contributed by atoms with Crippen molar-refractivity contribution in [3.05, 3.63) is 30.3 Å². The first-order valence-corrected chi connectivity index (χ1v) is 4.16. The van der Waals surface area contributed by atoms with Gasteiger partial charge in [0.1, 0.15) is 5.75 Å². The van der Waals surface area contributed by atoms with Crippen LogP contribution in [-0.4, -0.2) is 27.5 Å². The first-order chi connectivity index (χ1) is 6.76. The summed E-state index contributed by atoms with van der Waals surface area (Å²) in [6.07, 6.45) is -1.47. The molecular formula is C10H14O4. The number of para-hydroxylation sites is 1. The third-order valence-corrected chi connectivity index (χ3v) is 1.74. The number of hydrogen-bond acceptors (Lipinski definition) is 4. The molecule has 0 heterocycles. The predicted molar refractivity (Wildman–Crippen MR) is 50.8 cm³/mol. The van der Waals surface area contributed by atoms with Gasteiger partial charge in [0, 0.05) is 21.3 Å². The largest absolute Gasteiger partial charge is 0.460 e. The van der Waals surface area contributed by atoms with Gasteiger partial charge in [-0.25, -0.2) is 0 Å². The second-order valence-corrected chi connectivity index (χ2v) is 2.53. The fourth-order valence-corrected chi connectivity index (χ4v) is 1.01. The van der Waals surface area contributed by atoms with Crippen LogP contribution in [0, 0.1) is 0 Å². The maximum Gasteiger partial charge on any atom is 0.460 e. The third-order valence-electron chi connectivity index (χ3n) is 1.74. The van der Waals surface area contributed by atoms with Gasteiger partial charge in [0.25, 0.3) is 0 Å². The Bertz CT molecular complexity index is 248. The molecule has 1 aromatic carbocycles. The summed E-state index contributed by atoms with van der Waals surface area (Å²) < 4.78 is 20.3. The van der Waals surface area contributed by atoms with E-state index in [1.807, 2.05) is 18.2 Å². The molecule has 0 aliphatic rings. The highest BCUT2D eigenvalue weighted by Gasteiger charge is 2.32. The molecular weight excluding hydrogens is 184 g/mol. The van der Waals surface area contributed by atoms with Gasteiger partial charge in [-0.15, -0.1) is 0 Å². The first-order valence-electron chi connectivity index (χ1n) is 4.16. The van der Waals surface area contributed by atoms with Gasteiger partial charge in [-0.3, -0.25) is 14.2 Å². The van der Waals surface area contributed by atoms with E-state index in [9.17, 15) is 0 Å². The zero-order valence-corrected chi connectivity index (χ0v) is 8.52. The lowest BCUT2D eigenvalue weighted by Crippen LogP contribution is -2.42. The molecule has 1 rings (SSSR count). The summed E-state index contributed by atoms with van der Waals surface area (Å²) in [5, 5.41) is 0. The molecule has 0 atom stereocenters. The topological polar surface area (TPSA) is 36.9 Å². The van der Waals surface area contributed by atoms with E-state index in [2.05, 4.69) is 0 Å². The highest BCUT2D eigenvalue weighted by molar-refractivity contribution is 5.21. The molecule has 4 heteroatoms. The van der Waals surface area contributed by atoms with E-state index >= 15 is 0 Å². The molecule has 1 aromatic rings. The Labute approximate surface area is 83.3 Å². The van der Waals surface area contributed by atoms with Gasteiger partial charge in [0.15, 0.2) is 0 Å². The lowest BCUT2D eigenvalue weighted by atomic mass is 10.3. The summed E-state index contributed by atoms with van der Waals surface area (Å²) in [5.74, 6) is 0.609. The molecule has 0 unspecified atom stereocenters. The van der Waals surface area contributed by atoms with E-state index in [-0.39, 0.29) is 0 Å². The molecule has 14 heavy (non-hydrogen) atoms. The van der Waals surface area contributed by atoms with Crippen LogP contribution >= 0.6 is 0 Å². The number of ether oxygens (including phenoxy) is 4. The van der Waals surface area contributed by atoms with Crippen molar-refractivity contribution in [3.8, 4) is 5.75 Å². The van der Waals surface area contributed by atoms with Crippen LogP contribution in [0.2, 0.25) is 0 Å². The van der Waals surface area contributed by atoms with Crippen LogP contribution in [0.15, 0.2) is 30.3 Å². The van der Waals surface area contributed by atoms with Gasteiger partial charge in [0.05, 0.1) is 0 Å². The van der Waals surface area contributed by atoms with E-state index in [0.29, 0.717) is 5.75 Å². The Kier molecular flexibility index (Phi) is 3.88. The van der Waals surface area contributed by atoms with Gasteiger partial charge in [-0.05, 0) is 12.1 Å². The van der Waals surface area contributed by atoms with E-state index in [0.717, 1.165) is 0 Å². The Balaban J connectivity index is 2.74. The van der Waals surface area contributed by atoms with Crippen LogP contribution in [0.5, 0.6) is 5.75 Å². The second-order valence-electron chi connectivity index (χ2n) is 2.53. The van der Waals surface area contributed by atoms with Crippen LogP contribution in [0.25, 0.3) is 0 Å². The molecule has 0 amide bonds. The van der Waals surface area contributed by atoms with Crippen LogP contribution in [0.1, 0.15) is 0 Å². The molecule has 0 N–H and O–H groups in total. The molecule has 0 radical (unpaired) electrons. The Hall–Kier alpha value is -1.10. The molecule has 0 aliphatic heterocycles. The normalized spacial score (nSPS) is 11.4. The lowest BCUT2D eigenvalue weighted by molar-refractivity contribution is -0.448. The summed E-state index contributed by atoms with van der Waals surface area (Å²) in [7, 11) is 4.32. The average Bonchev–Trinajstić information content (AvgIpc) is 2.28. The standard InChI is InChI=1S/C10H14O4/c1-11-10(12-2,13-3)14-9-7-5-4-6-8-9/h4-8H,1-3H3. The number of hydrogen-bond donors (Lipinski definition) is 0. The Morgan fingerprint density at radius 3 is 1.79 bits per heavy atom. The summed E-state index contributed by atoms with van der Waals surface area (Å²) in [4.78, 5) is 0. The number of rotatable bonds is 5.